The highest BCUT2D eigenvalue weighted by atomic mass is 16.3. The van der Waals surface area contributed by atoms with Crippen LogP contribution in [0.4, 0.5) is 0 Å². The Labute approximate surface area is 105 Å². The molecular weight excluding hydrogens is 212 g/mol. The molecule has 0 radical (unpaired) electrons. The first kappa shape index (κ1) is 13.1. The summed E-state index contributed by atoms with van der Waals surface area (Å²) in [6.45, 7) is 2.40. The molecule has 0 heterocycles. The van der Waals surface area contributed by atoms with Crippen LogP contribution in [-0.2, 0) is 4.79 Å². The molecule has 0 aromatic carbocycles. The van der Waals surface area contributed by atoms with Crippen LogP contribution in [0.25, 0.3) is 0 Å². The molecule has 2 aliphatic rings. The Morgan fingerprint density at radius 3 is 2.88 bits per heavy atom. The van der Waals surface area contributed by atoms with Crippen LogP contribution in [0.5, 0.6) is 0 Å². The largest absolute Gasteiger partial charge is 0.393 e. The number of unbranched alkanes of at least 4 members (excludes halogenated alkanes) is 2. The van der Waals surface area contributed by atoms with Crippen LogP contribution in [0.2, 0.25) is 0 Å². The molecule has 0 aromatic heterocycles. The Hall–Kier alpha value is -0.370. The van der Waals surface area contributed by atoms with Crippen molar-refractivity contribution in [3.8, 4) is 0 Å². The van der Waals surface area contributed by atoms with Crippen LogP contribution >= 0.6 is 0 Å². The summed E-state index contributed by atoms with van der Waals surface area (Å²) in [4.78, 5) is 10.3. The molecule has 0 bridgehead atoms. The van der Waals surface area contributed by atoms with E-state index < -0.39 is 0 Å². The molecule has 3 unspecified atom stereocenters. The summed E-state index contributed by atoms with van der Waals surface area (Å²) in [5, 5.41) is 10.1. The maximum atomic E-state index is 10.3. The Morgan fingerprint density at radius 2 is 2.12 bits per heavy atom. The van der Waals surface area contributed by atoms with Crippen molar-refractivity contribution in [2.24, 2.45) is 17.3 Å². The molecule has 17 heavy (non-hydrogen) atoms. The van der Waals surface area contributed by atoms with E-state index in [1.807, 2.05) is 0 Å². The number of hydrogen-bond acceptors (Lipinski definition) is 2. The Morgan fingerprint density at radius 1 is 1.29 bits per heavy atom. The lowest BCUT2D eigenvalue weighted by atomic mass is 9.63. The van der Waals surface area contributed by atoms with Crippen molar-refractivity contribution in [2.45, 2.75) is 70.8 Å². The van der Waals surface area contributed by atoms with Gasteiger partial charge in [-0.1, -0.05) is 19.8 Å². The van der Waals surface area contributed by atoms with Crippen molar-refractivity contribution in [3.63, 3.8) is 0 Å². The average molecular weight is 238 g/mol. The van der Waals surface area contributed by atoms with Gasteiger partial charge in [0.1, 0.15) is 6.29 Å². The normalized spacial score (nSPS) is 41.2. The fourth-order valence-corrected chi connectivity index (χ4v) is 4.35. The molecule has 98 valence electrons. The number of carbonyl (C=O) groups is 1. The Bertz CT molecular complexity index is 264. The highest BCUT2D eigenvalue weighted by Gasteiger charge is 2.50. The van der Waals surface area contributed by atoms with Gasteiger partial charge in [0.2, 0.25) is 0 Å². The molecule has 2 heteroatoms. The summed E-state index contributed by atoms with van der Waals surface area (Å²) < 4.78 is 0. The number of aldehydes is 1. The topological polar surface area (TPSA) is 37.3 Å². The lowest BCUT2D eigenvalue weighted by Crippen LogP contribution is -2.39. The van der Waals surface area contributed by atoms with Gasteiger partial charge in [0.15, 0.2) is 0 Å². The van der Waals surface area contributed by atoms with Crippen molar-refractivity contribution >= 4 is 6.29 Å². The van der Waals surface area contributed by atoms with Gasteiger partial charge in [-0.05, 0) is 55.8 Å². The zero-order chi connectivity index (χ0) is 12.3. The minimum atomic E-state index is -0.0475. The second kappa shape index (κ2) is 5.51. The molecule has 2 fully saturated rings. The fraction of sp³-hybridized carbons (Fsp3) is 0.933. The van der Waals surface area contributed by atoms with Crippen molar-refractivity contribution in [2.75, 3.05) is 0 Å². The molecule has 0 aliphatic heterocycles. The van der Waals surface area contributed by atoms with E-state index in [0.29, 0.717) is 11.3 Å². The summed E-state index contributed by atoms with van der Waals surface area (Å²) in [6, 6.07) is 0. The van der Waals surface area contributed by atoms with Crippen LogP contribution in [-0.4, -0.2) is 17.5 Å². The molecule has 1 N–H and O–H groups in total. The number of aliphatic hydroxyl groups excluding tert-OH is 1. The second-order valence-electron chi connectivity index (χ2n) is 6.30. The smallest absolute Gasteiger partial charge is 0.119 e. The molecule has 0 amide bonds. The van der Waals surface area contributed by atoms with Crippen molar-refractivity contribution in [3.05, 3.63) is 0 Å². The molecule has 2 aliphatic carbocycles. The van der Waals surface area contributed by atoms with Gasteiger partial charge in [0, 0.05) is 6.42 Å². The number of carbonyl (C=O) groups excluding carboxylic acids is 1. The van der Waals surface area contributed by atoms with E-state index in [0.717, 1.165) is 31.5 Å². The Balaban J connectivity index is 1.89. The van der Waals surface area contributed by atoms with E-state index in [1.165, 1.54) is 38.5 Å². The molecular formula is C15H26O2. The third kappa shape index (κ3) is 2.57. The SMILES string of the molecule is CC12CCCC(O)[C@@H]1CCC2CCCCC=O. The van der Waals surface area contributed by atoms with E-state index in [-0.39, 0.29) is 6.10 Å². The summed E-state index contributed by atoms with van der Waals surface area (Å²) in [5.41, 5.74) is 0.388. The van der Waals surface area contributed by atoms with Crippen LogP contribution in [0, 0.1) is 17.3 Å². The van der Waals surface area contributed by atoms with Gasteiger partial charge in [0.25, 0.3) is 0 Å². The number of fused-ring (bicyclic) bond motifs is 1. The van der Waals surface area contributed by atoms with Gasteiger partial charge in [-0.25, -0.2) is 0 Å². The molecule has 4 atom stereocenters. The second-order valence-corrected chi connectivity index (χ2v) is 6.30. The standard InChI is InChI=1S/C15H26O2/c1-15-10-5-7-14(17)13(15)9-8-12(15)6-3-2-4-11-16/h11-14,17H,2-10H2,1H3/t12?,13-,14?,15?/m0/s1. The predicted octanol–water partition coefficient (Wildman–Crippen LogP) is 3.32. The maximum Gasteiger partial charge on any atom is 0.119 e. The van der Waals surface area contributed by atoms with Gasteiger partial charge in [-0.2, -0.15) is 0 Å². The summed E-state index contributed by atoms with van der Waals surface area (Å²) >= 11 is 0. The highest BCUT2D eigenvalue weighted by molar-refractivity contribution is 5.48. The Kier molecular flexibility index (Phi) is 4.24. The highest BCUT2D eigenvalue weighted by Crippen LogP contribution is 2.56. The number of hydrogen-bond donors (Lipinski definition) is 1. The predicted molar refractivity (Wildman–Crippen MR) is 68.7 cm³/mol. The molecule has 2 nitrogen and oxygen atoms in total. The molecule has 0 spiro atoms. The molecule has 2 saturated carbocycles. The lowest BCUT2D eigenvalue weighted by molar-refractivity contribution is -0.107. The van der Waals surface area contributed by atoms with Crippen molar-refractivity contribution < 1.29 is 9.90 Å². The minimum absolute atomic E-state index is 0.0475. The molecule has 0 saturated heterocycles. The van der Waals surface area contributed by atoms with Gasteiger partial charge < -0.3 is 9.90 Å². The first-order chi connectivity index (χ1) is 8.18. The van der Waals surface area contributed by atoms with Gasteiger partial charge in [0.05, 0.1) is 6.10 Å². The third-order valence-corrected chi connectivity index (χ3v) is 5.41. The van der Waals surface area contributed by atoms with Crippen molar-refractivity contribution in [1.29, 1.82) is 0 Å². The third-order valence-electron chi connectivity index (χ3n) is 5.41. The van der Waals surface area contributed by atoms with Gasteiger partial charge >= 0.3 is 0 Å². The van der Waals surface area contributed by atoms with E-state index in [2.05, 4.69) is 6.92 Å². The van der Waals surface area contributed by atoms with E-state index >= 15 is 0 Å². The summed E-state index contributed by atoms with van der Waals surface area (Å²) in [7, 11) is 0. The van der Waals surface area contributed by atoms with Gasteiger partial charge in [-0.3, -0.25) is 0 Å². The minimum Gasteiger partial charge on any atom is -0.393 e. The average Bonchev–Trinajstić information content (AvgIpc) is 2.63. The van der Waals surface area contributed by atoms with E-state index in [4.69, 9.17) is 0 Å². The van der Waals surface area contributed by atoms with E-state index in [1.54, 1.807) is 0 Å². The van der Waals surface area contributed by atoms with Crippen LogP contribution in [0.15, 0.2) is 0 Å². The fourth-order valence-electron chi connectivity index (χ4n) is 4.35. The first-order valence-electron chi connectivity index (χ1n) is 7.30. The van der Waals surface area contributed by atoms with E-state index in [9.17, 15) is 9.90 Å². The van der Waals surface area contributed by atoms with Crippen LogP contribution in [0.1, 0.15) is 64.7 Å². The molecule has 0 aromatic rings. The lowest BCUT2D eigenvalue weighted by Gasteiger charge is -2.43. The van der Waals surface area contributed by atoms with Crippen LogP contribution < -0.4 is 0 Å². The maximum absolute atomic E-state index is 10.3. The summed E-state index contributed by atoms with van der Waals surface area (Å²) in [5.74, 6) is 1.33. The monoisotopic (exact) mass is 238 g/mol. The van der Waals surface area contributed by atoms with Crippen molar-refractivity contribution in [1.82, 2.24) is 0 Å². The molecule has 2 rings (SSSR count). The van der Waals surface area contributed by atoms with Gasteiger partial charge in [-0.15, -0.1) is 0 Å². The number of aliphatic hydroxyl groups is 1. The number of rotatable bonds is 5. The first-order valence-corrected chi connectivity index (χ1v) is 7.30. The zero-order valence-corrected chi connectivity index (χ0v) is 11.0. The van der Waals surface area contributed by atoms with Crippen LogP contribution in [0.3, 0.4) is 0 Å². The summed E-state index contributed by atoms with van der Waals surface area (Å²) in [6.07, 6.45) is 11.2. The zero-order valence-electron chi connectivity index (χ0n) is 11.0. The quantitative estimate of drug-likeness (QED) is 0.589.